The lowest BCUT2D eigenvalue weighted by atomic mass is 9.62. The van der Waals surface area contributed by atoms with Gasteiger partial charge in [-0.3, -0.25) is 19.7 Å². The number of fused-ring (bicyclic) bond motifs is 2. The minimum atomic E-state index is -1.01. The molecule has 3 aromatic carbocycles. The molecule has 1 unspecified atom stereocenters. The molecule has 1 saturated heterocycles. The van der Waals surface area contributed by atoms with E-state index in [4.69, 9.17) is 0 Å². The van der Waals surface area contributed by atoms with Gasteiger partial charge in [0.1, 0.15) is 0 Å². The van der Waals surface area contributed by atoms with Gasteiger partial charge in [0.2, 0.25) is 5.91 Å². The molecule has 1 aliphatic heterocycles. The fraction of sp³-hybridized carbons (Fsp3) is 0.107. The summed E-state index contributed by atoms with van der Waals surface area (Å²) in [5.41, 5.74) is 3.07. The maximum atomic E-state index is 13.3. The molecular formula is C28H21NO3. The van der Waals surface area contributed by atoms with Gasteiger partial charge in [-0.15, -0.1) is 0 Å². The van der Waals surface area contributed by atoms with E-state index in [-0.39, 0.29) is 30.4 Å². The summed E-state index contributed by atoms with van der Waals surface area (Å²) in [6.45, 7) is 0. The molecule has 1 heterocycles. The van der Waals surface area contributed by atoms with Crippen molar-refractivity contribution in [1.82, 2.24) is 5.32 Å². The lowest BCUT2D eigenvalue weighted by Gasteiger charge is -2.41. The highest BCUT2D eigenvalue weighted by molar-refractivity contribution is 6.19. The number of rotatable bonds is 2. The number of imide groups is 1. The van der Waals surface area contributed by atoms with Gasteiger partial charge >= 0.3 is 0 Å². The van der Waals surface area contributed by atoms with Crippen LogP contribution < -0.4 is 5.32 Å². The van der Waals surface area contributed by atoms with Gasteiger partial charge in [-0.25, -0.2) is 0 Å². The number of hydrogen-bond donors (Lipinski definition) is 1. The molecule has 0 bridgehead atoms. The second kappa shape index (κ2) is 7.89. The third-order valence-corrected chi connectivity index (χ3v) is 6.20. The molecule has 1 aliphatic carbocycles. The first-order chi connectivity index (χ1) is 15.6. The highest BCUT2D eigenvalue weighted by Gasteiger charge is 2.51. The van der Waals surface area contributed by atoms with Crippen molar-refractivity contribution in [3.05, 3.63) is 118 Å². The molecule has 1 N–H and O–H groups in total. The standard InChI is InChI=1S/C28H21NO3/c30-25-21(15-19-9-3-1-4-10-19)17-28(24-14-8-7-13-23(24)25)18-22(26(31)29-27(28)32)16-20-11-5-2-6-12-20/h1-16H,17-18H2,(H,29,31,32)/b21-15+,22-16+. The average Bonchev–Trinajstić information content (AvgIpc) is 2.82. The molecule has 3 aromatic rings. The Labute approximate surface area is 186 Å². The van der Waals surface area contributed by atoms with Crippen LogP contribution in [-0.2, 0) is 15.0 Å². The monoisotopic (exact) mass is 419 g/mol. The maximum absolute atomic E-state index is 13.3. The molecule has 0 saturated carbocycles. The third-order valence-electron chi connectivity index (χ3n) is 6.20. The quantitative estimate of drug-likeness (QED) is 0.483. The molecule has 4 heteroatoms. The number of Topliss-reactive ketones (excluding diaryl/α,β-unsaturated/α-hetero) is 1. The van der Waals surface area contributed by atoms with Crippen molar-refractivity contribution in [2.45, 2.75) is 18.3 Å². The number of nitrogens with one attached hydrogen (secondary N) is 1. The predicted octanol–water partition coefficient (Wildman–Crippen LogP) is 4.72. The molecule has 156 valence electrons. The van der Waals surface area contributed by atoms with Crippen molar-refractivity contribution in [2.75, 3.05) is 0 Å². The zero-order valence-corrected chi connectivity index (χ0v) is 17.4. The molecule has 1 atom stereocenters. The number of allylic oxidation sites excluding steroid dienone is 1. The van der Waals surface area contributed by atoms with E-state index in [2.05, 4.69) is 5.32 Å². The van der Waals surface area contributed by atoms with E-state index in [0.29, 0.717) is 22.3 Å². The van der Waals surface area contributed by atoms with E-state index < -0.39 is 5.41 Å². The van der Waals surface area contributed by atoms with Crippen molar-refractivity contribution < 1.29 is 14.4 Å². The number of carbonyl (C=O) groups is 3. The summed E-state index contributed by atoms with van der Waals surface area (Å²) < 4.78 is 0. The Kier molecular flexibility index (Phi) is 4.91. The number of hydrogen-bond acceptors (Lipinski definition) is 3. The summed E-state index contributed by atoms with van der Waals surface area (Å²) in [6.07, 6.45) is 4.15. The summed E-state index contributed by atoms with van der Waals surface area (Å²) in [4.78, 5) is 39.4. The average molecular weight is 419 g/mol. The first-order valence-corrected chi connectivity index (χ1v) is 10.6. The van der Waals surface area contributed by atoms with Gasteiger partial charge in [0.05, 0.1) is 5.41 Å². The van der Waals surface area contributed by atoms with Crippen molar-refractivity contribution in [3.8, 4) is 0 Å². The SMILES string of the molecule is O=C1NC(=O)C2(C/C1=C\c1ccccc1)C/C(=C\c1ccccc1)C(=O)c1ccccc12. The van der Waals surface area contributed by atoms with Gasteiger partial charge in [0.25, 0.3) is 5.91 Å². The number of benzene rings is 3. The van der Waals surface area contributed by atoms with E-state index in [1.54, 1.807) is 6.07 Å². The summed E-state index contributed by atoms with van der Waals surface area (Å²) in [5.74, 6) is -0.813. The molecule has 0 aromatic heterocycles. The molecule has 2 aliphatic rings. The number of ketones is 1. The zero-order chi connectivity index (χ0) is 22.1. The Hall–Kier alpha value is -4.05. The summed E-state index contributed by atoms with van der Waals surface area (Å²) in [7, 11) is 0. The van der Waals surface area contributed by atoms with Crippen LogP contribution in [0.2, 0.25) is 0 Å². The Morgan fingerprint density at radius 2 is 1.19 bits per heavy atom. The van der Waals surface area contributed by atoms with Gasteiger partial charge in [-0.1, -0.05) is 84.9 Å². The van der Waals surface area contributed by atoms with Crippen molar-refractivity contribution >= 4 is 29.7 Å². The maximum Gasteiger partial charge on any atom is 0.253 e. The van der Waals surface area contributed by atoms with E-state index >= 15 is 0 Å². The summed E-state index contributed by atoms with van der Waals surface area (Å²) >= 11 is 0. The first-order valence-electron chi connectivity index (χ1n) is 10.6. The Bertz CT molecular complexity index is 1290. The Balaban J connectivity index is 1.65. The highest BCUT2D eigenvalue weighted by Crippen LogP contribution is 2.46. The van der Waals surface area contributed by atoms with Crippen LogP contribution >= 0.6 is 0 Å². The lowest BCUT2D eigenvalue weighted by molar-refractivity contribution is -0.135. The van der Waals surface area contributed by atoms with Gasteiger partial charge in [0, 0.05) is 16.7 Å². The van der Waals surface area contributed by atoms with Crippen LogP contribution in [0, 0.1) is 0 Å². The van der Waals surface area contributed by atoms with Gasteiger partial charge in [-0.2, -0.15) is 0 Å². The Morgan fingerprint density at radius 3 is 1.84 bits per heavy atom. The van der Waals surface area contributed by atoms with Gasteiger partial charge < -0.3 is 0 Å². The largest absolute Gasteiger partial charge is 0.292 e. The molecule has 0 radical (unpaired) electrons. The van der Waals surface area contributed by atoms with Crippen LogP contribution in [0.15, 0.2) is 96.1 Å². The molecule has 5 rings (SSSR count). The van der Waals surface area contributed by atoms with Crippen LogP contribution in [0.1, 0.15) is 39.9 Å². The molecule has 4 nitrogen and oxygen atoms in total. The third kappa shape index (κ3) is 3.40. The molecular weight excluding hydrogens is 398 g/mol. The number of amides is 2. The molecule has 1 fully saturated rings. The van der Waals surface area contributed by atoms with E-state index in [1.165, 1.54) is 0 Å². The van der Waals surface area contributed by atoms with Crippen molar-refractivity contribution in [2.24, 2.45) is 0 Å². The second-order valence-corrected chi connectivity index (χ2v) is 8.25. The topological polar surface area (TPSA) is 63.2 Å². The van der Waals surface area contributed by atoms with Gasteiger partial charge in [0.15, 0.2) is 5.78 Å². The minimum absolute atomic E-state index is 0.0756. The van der Waals surface area contributed by atoms with E-state index in [1.807, 2.05) is 91.0 Å². The van der Waals surface area contributed by atoms with Crippen LogP contribution in [0.5, 0.6) is 0 Å². The van der Waals surface area contributed by atoms with Crippen LogP contribution in [0.3, 0.4) is 0 Å². The van der Waals surface area contributed by atoms with E-state index in [0.717, 1.165) is 11.1 Å². The minimum Gasteiger partial charge on any atom is -0.292 e. The lowest BCUT2D eigenvalue weighted by Crippen LogP contribution is -2.54. The number of carbonyl (C=O) groups excluding carboxylic acids is 3. The van der Waals surface area contributed by atoms with Crippen molar-refractivity contribution in [3.63, 3.8) is 0 Å². The first kappa shape index (κ1) is 19.9. The Morgan fingerprint density at radius 1 is 0.656 bits per heavy atom. The van der Waals surface area contributed by atoms with Crippen LogP contribution in [-0.4, -0.2) is 17.6 Å². The highest BCUT2D eigenvalue weighted by atomic mass is 16.2. The second-order valence-electron chi connectivity index (χ2n) is 8.25. The normalized spacial score (nSPS) is 22.8. The molecule has 32 heavy (non-hydrogen) atoms. The summed E-state index contributed by atoms with van der Waals surface area (Å²) in [6, 6.07) is 26.4. The fourth-order valence-electron chi connectivity index (χ4n) is 4.66. The van der Waals surface area contributed by atoms with Crippen molar-refractivity contribution in [1.29, 1.82) is 0 Å². The smallest absolute Gasteiger partial charge is 0.253 e. The van der Waals surface area contributed by atoms with Crippen LogP contribution in [0.4, 0.5) is 0 Å². The van der Waals surface area contributed by atoms with E-state index in [9.17, 15) is 14.4 Å². The van der Waals surface area contributed by atoms with Crippen LogP contribution in [0.25, 0.3) is 12.2 Å². The zero-order valence-electron chi connectivity index (χ0n) is 17.4. The predicted molar refractivity (Wildman–Crippen MR) is 124 cm³/mol. The molecule has 1 spiro atoms. The fourth-order valence-corrected chi connectivity index (χ4v) is 4.66. The molecule has 2 amide bonds. The number of piperidine rings is 1. The van der Waals surface area contributed by atoms with Gasteiger partial charge in [-0.05, 0) is 41.7 Å². The summed E-state index contributed by atoms with van der Waals surface area (Å²) in [5, 5.41) is 2.57.